The first-order chi connectivity index (χ1) is 11.9. The average Bonchev–Trinajstić information content (AvgIpc) is 2.89. The summed E-state index contributed by atoms with van der Waals surface area (Å²) >= 11 is 0. The summed E-state index contributed by atoms with van der Waals surface area (Å²) in [4.78, 5) is 17.3. The number of hydrogen-bond donors (Lipinski definition) is 2. The number of nitrogens with one attached hydrogen (secondary N) is 1. The number of aromatic nitrogens is 3. The lowest BCUT2D eigenvalue weighted by molar-refractivity contribution is 0.0119. The van der Waals surface area contributed by atoms with Crippen LogP contribution in [0.15, 0.2) is 6.07 Å². The highest BCUT2D eigenvalue weighted by atomic mass is 19.3. The SMILES string of the molecule is Cc1nn(C(C)(C)C)c2nc(C(C)C)cc(C(=O)NCC(F)(F)CN)c12. The van der Waals surface area contributed by atoms with Gasteiger partial charge in [-0.3, -0.25) is 4.79 Å². The number of halogens is 2. The van der Waals surface area contributed by atoms with Crippen molar-refractivity contribution in [3.63, 3.8) is 0 Å². The highest BCUT2D eigenvalue weighted by Crippen LogP contribution is 2.29. The fourth-order valence-electron chi connectivity index (χ4n) is 2.63. The van der Waals surface area contributed by atoms with E-state index in [1.165, 1.54) is 0 Å². The molecule has 0 atom stereocenters. The number of amides is 1. The number of carbonyl (C=O) groups excluding carboxylic acids is 1. The minimum atomic E-state index is -3.15. The van der Waals surface area contributed by atoms with E-state index in [-0.39, 0.29) is 11.5 Å². The molecular formula is C18H27F2N5O. The van der Waals surface area contributed by atoms with Crippen molar-refractivity contribution >= 4 is 16.9 Å². The van der Waals surface area contributed by atoms with Gasteiger partial charge in [-0.2, -0.15) is 5.10 Å². The molecule has 0 aliphatic carbocycles. The van der Waals surface area contributed by atoms with Gasteiger partial charge in [-0.25, -0.2) is 18.4 Å². The predicted molar refractivity (Wildman–Crippen MR) is 97.7 cm³/mol. The minimum absolute atomic E-state index is 0.0695. The van der Waals surface area contributed by atoms with Crippen LogP contribution >= 0.6 is 0 Å². The minimum Gasteiger partial charge on any atom is -0.346 e. The Kier molecular flexibility index (Phi) is 5.37. The van der Waals surface area contributed by atoms with E-state index in [1.807, 2.05) is 34.6 Å². The van der Waals surface area contributed by atoms with Crippen LogP contribution in [0.25, 0.3) is 11.0 Å². The molecule has 2 aromatic rings. The first-order valence-electron chi connectivity index (χ1n) is 8.64. The first-order valence-corrected chi connectivity index (χ1v) is 8.64. The lowest BCUT2D eigenvalue weighted by Gasteiger charge is -2.20. The molecule has 26 heavy (non-hydrogen) atoms. The molecular weight excluding hydrogens is 340 g/mol. The topological polar surface area (TPSA) is 85.8 Å². The Hall–Kier alpha value is -2.09. The fraction of sp³-hybridized carbons (Fsp3) is 0.611. The quantitative estimate of drug-likeness (QED) is 0.851. The third kappa shape index (κ3) is 4.00. The van der Waals surface area contributed by atoms with E-state index in [1.54, 1.807) is 17.7 Å². The predicted octanol–water partition coefficient (Wildman–Crippen LogP) is 2.94. The molecule has 1 amide bonds. The molecule has 2 heterocycles. The van der Waals surface area contributed by atoms with Crippen LogP contribution in [0.5, 0.6) is 0 Å². The van der Waals surface area contributed by atoms with Crippen molar-refractivity contribution in [3.8, 4) is 0 Å². The van der Waals surface area contributed by atoms with Crippen molar-refractivity contribution in [2.75, 3.05) is 13.1 Å². The third-order valence-corrected chi connectivity index (χ3v) is 4.11. The standard InChI is InChI=1S/C18H27F2N5O/c1-10(2)13-7-12(16(26)22-9-18(19,20)8-21)14-11(3)24-25(15(14)23-13)17(4,5)6/h7,10H,8-9,21H2,1-6H3,(H,22,26). The van der Waals surface area contributed by atoms with Crippen LogP contribution < -0.4 is 11.1 Å². The molecule has 144 valence electrons. The molecule has 2 aromatic heterocycles. The van der Waals surface area contributed by atoms with Crippen molar-refractivity contribution < 1.29 is 13.6 Å². The third-order valence-electron chi connectivity index (χ3n) is 4.11. The fourth-order valence-corrected chi connectivity index (χ4v) is 2.63. The largest absolute Gasteiger partial charge is 0.346 e. The summed E-state index contributed by atoms with van der Waals surface area (Å²) in [5.74, 6) is -3.66. The molecule has 0 saturated carbocycles. The number of nitrogens with zero attached hydrogens (tertiary/aromatic N) is 3. The van der Waals surface area contributed by atoms with Gasteiger partial charge in [-0.05, 0) is 39.7 Å². The summed E-state index contributed by atoms with van der Waals surface area (Å²) in [5.41, 5.74) is 6.92. The second-order valence-electron chi connectivity index (χ2n) is 7.86. The van der Waals surface area contributed by atoms with Gasteiger partial charge >= 0.3 is 0 Å². The van der Waals surface area contributed by atoms with Crippen LogP contribution in [0.3, 0.4) is 0 Å². The van der Waals surface area contributed by atoms with Crippen LogP contribution in [0.1, 0.15) is 62.3 Å². The number of pyridine rings is 1. The average molecular weight is 367 g/mol. The number of hydrogen-bond acceptors (Lipinski definition) is 4. The van der Waals surface area contributed by atoms with E-state index >= 15 is 0 Å². The van der Waals surface area contributed by atoms with Crippen LogP contribution in [0.4, 0.5) is 8.78 Å². The number of rotatable bonds is 5. The van der Waals surface area contributed by atoms with Gasteiger partial charge in [0.2, 0.25) is 0 Å². The number of fused-ring (bicyclic) bond motifs is 1. The molecule has 0 fully saturated rings. The van der Waals surface area contributed by atoms with Gasteiger partial charge in [0.25, 0.3) is 11.8 Å². The van der Waals surface area contributed by atoms with Gasteiger partial charge in [0.15, 0.2) is 5.65 Å². The molecule has 3 N–H and O–H groups in total. The summed E-state index contributed by atoms with van der Waals surface area (Å²) in [5, 5.41) is 7.41. The number of aryl methyl sites for hydroxylation is 1. The highest BCUT2D eigenvalue weighted by Gasteiger charge is 2.29. The van der Waals surface area contributed by atoms with E-state index in [4.69, 9.17) is 5.73 Å². The van der Waals surface area contributed by atoms with Crippen molar-refractivity contribution in [2.24, 2.45) is 5.73 Å². The van der Waals surface area contributed by atoms with E-state index in [0.29, 0.717) is 28.0 Å². The summed E-state index contributed by atoms with van der Waals surface area (Å²) in [7, 11) is 0. The maximum absolute atomic E-state index is 13.4. The van der Waals surface area contributed by atoms with Gasteiger partial charge in [-0.1, -0.05) is 13.8 Å². The Labute approximate surface area is 152 Å². The van der Waals surface area contributed by atoms with Crippen molar-refractivity contribution in [1.82, 2.24) is 20.1 Å². The van der Waals surface area contributed by atoms with E-state index in [2.05, 4.69) is 15.4 Å². The van der Waals surface area contributed by atoms with Crippen LogP contribution in [0, 0.1) is 6.92 Å². The molecule has 2 rings (SSSR count). The second kappa shape index (κ2) is 6.90. The monoisotopic (exact) mass is 367 g/mol. The number of alkyl halides is 2. The molecule has 0 saturated heterocycles. The highest BCUT2D eigenvalue weighted by molar-refractivity contribution is 6.06. The van der Waals surface area contributed by atoms with E-state index in [9.17, 15) is 13.6 Å². The Morgan fingerprint density at radius 2 is 1.96 bits per heavy atom. The molecule has 6 nitrogen and oxygen atoms in total. The molecule has 0 unspecified atom stereocenters. The van der Waals surface area contributed by atoms with Crippen LogP contribution in [0.2, 0.25) is 0 Å². The zero-order valence-electron chi connectivity index (χ0n) is 16.2. The van der Waals surface area contributed by atoms with Gasteiger partial charge in [0.1, 0.15) is 0 Å². The summed E-state index contributed by atoms with van der Waals surface area (Å²) < 4.78 is 28.6. The van der Waals surface area contributed by atoms with Gasteiger partial charge < -0.3 is 11.1 Å². The summed E-state index contributed by atoms with van der Waals surface area (Å²) in [6.45, 7) is 10.0. The van der Waals surface area contributed by atoms with Crippen molar-refractivity contribution in [3.05, 3.63) is 23.0 Å². The normalized spacial score (nSPS) is 12.8. The zero-order chi connectivity index (χ0) is 19.9. The van der Waals surface area contributed by atoms with Gasteiger partial charge in [-0.15, -0.1) is 0 Å². The molecule has 0 aliphatic heterocycles. The zero-order valence-corrected chi connectivity index (χ0v) is 16.2. The summed E-state index contributed by atoms with van der Waals surface area (Å²) in [6.07, 6.45) is 0. The smallest absolute Gasteiger partial charge is 0.277 e. The van der Waals surface area contributed by atoms with Gasteiger partial charge in [0.05, 0.1) is 35.3 Å². The van der Waals surface area contributed by atoms with Gasteiger partial charge in [0, 0.05) is 5.69 Å². The van der Waals surface area contributed by atoms with Crippen LogP contribution in [-0.2, 0) is 5.54 Å². The van der Waals surface area contributed by atoms with Crippen LogP contribution in [-0.4, -0.2) is 39.7 Å². The molecule has 0 aromatic carbocycles. The Bertz CT molecular complexity index is 821. The van der Waals surface area contributed by atoms with E-state index < -0.39 is 24.9 Å². The molecule has 0 spiro atoms. The lowest BCUT2D eigenvalue weighted by atomic mass is 10.0. The number of carbonyl (C=O) groups is 1. The molecule has 0 radical (unpaired) electrons. The Morgan fingerprint density at radius 1 is 1.35 bits per heavy atom. The molecule has 0 bridgehead atoms. The Balaban J connectivity index is 2.61. The molecule has 8 heteroatoms. The molecule has 0 aliphatic rings. The van der Waals surface area contributed by atoms with Crippen molar-refractivity contribution in [2.45, 2.75) is 58.9 Å². The first kappa shape index (κ1) is 20.2. The Morgan fingerprint density at radius 3 is 2.46 bits per heavy atom. The number of nitrogens with two attached hydrogens (primary N) is 1. The second-order valence-corrected chi connectivity index (χ2v) is 7.86. The maximum Gasteiger partial charge on any atom is 0.277 e. The summed E-state index contributed by atoms with van der Waals surface area (Å²) in [6, 6.07) is 1.66. The van der Waals surface area contributed by atoms with E-state index in [0.717, 1.165) is 0 Å². The maximum atomic E-state index is 13.4. The lowest BCUT2D eigenvalue weighted by Crippen LogP contribution is -2.41. The van der Waals surface area contributed by atoms with Crippen molar-refractivity contribution in [1.29, 1.82) is 0 Å².